The standard InChI is InChI=1S/C20H25N/c1-14-4-8-17(9-5-14)16(3)21-20-12-19(13-20)18-10-6-15(2)7-11-18/h4-11,16,19-21H,12-13H2,1-3H3/t16-,19?,20?/m0/s1. The van der Waals surface area contributed by atoms with E-state index < -0.39 is 0 Å². The number of benzene rings is 2. The minimum atomic E-state index is 0.439. The van der Waals surface area contributed by atoms with E-state index in [-0.39, 0.29) is 0 Å². The predicted molar refractivity (Wildman–Crippen MR) is 89.7 cm³/mol. The quantitative estimate of drug-likeness (QED) is 0.839. The molecule has 0 spiro atoms. The van der Waals surface area contributed by atoms with Crippen LogP contribution in [0.3, 0.4) is 0 Å². The fraction of sp³-hybridized carbons (Fsp3) is 0.400. The lowest BCUT2D eigenvalue weighted by Gasteiger charge is -2.38. The molecule has 1 saturated carbocycles. The van der Waals surface area contributed by atoms with Gasteiger partial charge in [0.1, 0.15) is 0 Å². The van der Waals surface area contributed by atoms with Crippen LogP contribution in [-0.4, -0.2) is 6.04 Å². The van der Waals surface area contributed by atoms with Gasteiger partial charge in [0.2, 0.25) is 0 Å². The molecule has 2 aromatic rings. The SMILES string of the molecule is Cc1ccc(C2CC(N[C@@H](C)c3ccc(C)cc3)C2)cc1. The highest BCUT2D eigenvalue weighted by Gasteiger charge is 2.30. The van der Waals surface area contributed by atoms with Gasteiger partial charge in [0.05, 0.1) is 0 Å². The van der Waals surface area contributed by atoms with Crippen LogP contribution in [0.15, 0.2) is 48.5 Å². The Kier molecular flexibility index (Phi) is 4.12. The highest BCUT2D eigenvalue weighted by atomic mass is 15.0. The summed E-state index contributed by atoms with van der Waals surface area (Å²) in [5, 5.41) is 3.76. The molecule has 0 unspecified atom stereocenters. The van der Waals surface area contributed by atoms with Crippen molar-refractivity contribution in [2.75, 3.05) is 0 Å². The molecule has 3 rings (SSSR count). The number of aryl methyl sites for hydroxylation is 2. The van der Waals surface area contributed by atoms with Gasteiger partial charge in [-0.2, -0.15) is 0 Å². The summed E-state index contributed by atoms with van der Waals surface area (Å²) in [4.78, 5) is 0. The van der Waals surface area contributed by atoms with Crippen LogP contribution in [0.25, 0.3) is 0 Å². The van der Waals surface area contributed by atoms with Crippen molar-refractivity contribution in [2.45, 2.75) is 51.6 Å². The monoisotopic (exact) mass is 279 g/mol. The lowest BCUT2D eigenvalue weighted by molar-refractivity contribution is 0.271. The lowest BCUT2D eigenvalue weighted by atomic mass is 9.75. The van der Waals surface area contributed by atoms with Crippen molar-refractivity contribution in [1.82, 2.24) is 5.32 Å². The summed E-state index contributed by atoms with van der Waals surface area (Å²) in [6.07, 6.45) is 2.53. The van der Waals surface area contributed by atoms with Crippen molar-refractivity contribution in [3.05, 3.63) is 70.8 Å². The molecule has 1 atom stereocenters. The van der Waals surface area contributed by atoms with Gasteiger partial charge in [0.15, 0.2) is 0 Å². The first-order valence-electron chi connectivity index (χ1n) is 8.01. The maximum absolute atomic E-state index is 3.76. The average molecular weight is 279 g/mol. The largest absolute Gasteiger partial charge is 0.307 e. The Bertz CT molecular complexity index is 576. The summed E-state index contributed by atoms with van der Waals surface area (Å²) in [7, 11) is 0. The van der Waals surface area contributed by atoms with E-state index in [1.807, 2.05) is 0 Å². The number of nitrogens with one attached hydrogen (secondary N) is 1. The van der Waals surface area contributed by atoms with Gasteiger partial charge >= 0.3 is 0 Å². The molecule has 1 nitrogen and oxygen atoms in total. The molecule has 0 bridgehead atoms. The fourth-order valence-electron chi connectivity index (χ4n) is 3.17. The predicted octanol–water partition coefficient (Wildman–Crippen LogP) is 4.90. The molecule has 110 valence electrons. The van der Waals surface area contributed by atoms with Crippen LogP contribution in [0.4, 0.5) is 0 Å². The lowest BCUT2D eigenvalue weighted by Crippen LogP contribution is -2.41. The van der Waals surface area contributed by atoms with Crippen LogP contribution < -0.4 is 5.32 Å². The third kappa shape index (κ3) is 3.36. The molecule has 0 aliphatic heterocycles. The number of rotatable bonds is 4. The van der Waals surface area contributed by atoms with Gasteiger partial charge in [-0.25, -0.2) is 0 Å². The molecule has 0 aromatic heterocycles. The molecule has 0 saturated heterocycles. The molecular weight excluding hydrogens is 254 g/mol. The number of hydrogen-bond acceptors (Lipinski definition) is 1. The molecule has 1 heteroatoms. The highest BCUT2D eigenvalue weighted by Crippen LogP contribution is 2.37. The topological polar surface area (TPSA) is 12.0 Å². The van der Waals surface area contributed by atoms with Gasteiger partial charge in [-0.3, -0.25) is 0 Å². The minimum absolute atomic E-state index is 0.439. The maximum Gasteiger partial charge on any atom is 0.0294 e. The summed E-state index contributed by atoms with van der Waals surface area (Å²) in [6.45, 7) is 6.56. The molecule has 21 heavy (non-hydrogen) atoms. The molecule has 1 N–H and O–H groups in total. The van der Waals surface area contributed by atoms with Gasteiger partial charge in [0.25, 0.3) is 0 Å². The van der Waals surface area contributed by atoms with Gasteiger partial charge < -0.3 is 5.32 Å². The van der Waals surface area contributed by atoms with Crippen molar-refractivity contribution in [2.24, 2.45) is 0 Å². The second-order valence-corrected chi connectivity index (χ2v) is 6.57. The summed E-state index contributed by atoms with van der Waals surface area (Å²) >= 11 is 0. The van der Waals surface area contributed by atoms with Crippen LogP contribution in [0.5, 0.6) is 0 Å². The first-order valence-corrected chi connectivity index (χ1v) is 8.01. The van der Waals surface area contributed by atoms with Crippen LogP contribution >= 0.6 is 0 Å². The molecule has 2 aromatic carbocycles. The Hall–Kier alpha value is -1.60. The first kappa shape index (κ1) is 14.3. The van der Waals surface area contributed by atoms with E-state index >= 15 is 0 Å². The molecule has 1 fully saturated rings. The molecule has 1 aliphatic carbocycles. The van der Waals surface area contributed by atoms with E-state index in [1.165, 1.54) is 35.1 Å². The summed E-state index contributed by atoms with van der Waals surface area (Å²) in [5.41, 5.74) is 5.57. The van der Waals surface area contributed by atoms with Crippen LogP contribution in [0.2, 0.25) is 0 Å². The van der Waals surface area contributed by atoms with Crippen molar-refractivity contribution in [3.8, 4) is 0 Å². The van der Waals surface area contributed by atoms with Crippen molar-refractivity contribution in [3.63, 3.8) is 0 Å². The van der Waals surface area contributed by atoms with Crippen molar-refractivity contribution < 1.29 is 0 Å². The van der Waals surface area contributed by atoms with Crippen LogP contribution in [0, 0.1) is 13.8 Å². The van der Waals surface area contributed by atoms with Gasteiger partial charge in [-0.05, 0) is 50.7 Å². The molecule has 1 aliphatic rings. The summed E-state index contributed by atoms with van der Waals surface area (Å²) in [6, 6.07) is 19.0. The summed E-state index contributed by atoms with van der Waals surface area (Å²) < 4.78 is 0. The normalized spacial score (nSPS) is 22.6. The molecular formula is C20H25N. The van der Waals surface area contributed by atoms with E-state index in [0.717, 1.165) is 5.92 Å². The highest BCUT2D eigenvalue weighted by molar-refractivity contribution is 5.27. The van der Waals surface area contributed by atoms with E-state index in [1.54, 1.807) is 0 Å². The third-order valence-electron chi connectivity index (χ3n) is 4.75. The Morgan fingerprint density at radius 2 is 1.38 bits per heavy atom. The van der Waals surface area contributed by atoms with Gasteiger partial charge in [-0.15, -0.1) is 0 Å². The van der Waals surface area contributed by atoms with Crippen molar-refractivity contribution in [1.29, 1.82) is 0 Å². The van der Waals surface area contributed by atoms with Gasteiger partial charge in [0, 0.05) is 12.1 Å². The Labute approximate surface area is 128 Å². The maximum atomic E-state index is 3.76. The third-order valence-corrected chi connectivity index (χ3v) is 4.75. The van der Waals surface area contributed by atoms with E-state index in [9.17, 15) is 0 Å². The molecule has 0 heterocycles. The first-order chi connectivity index (χ1) is 10.1. The Morgan fingerprint density at radius 1 is 0.857 bits per heavy atom. The van der Waals surface area contributed by atoms with Crippen LogP contribution in [0.1, 0.15) is 54.0 Å². The zero-order valence-electron chi connectivity index (χ0n) is 13.3. The Balaban J connectivity index is 1.52. The number of hydrogen-bond donors (Lipinski definition) is 1. The van der Waals surface area contributed by atoms with E-state index in [4.69, 9.17) is 0 Å². The van der Waals surface area contributed by atoms with E-state index in [2.05, 4.69) is 74.6 Å². The summed E-state index contributed by atoms with van der Waals surface area (Å²) in [5.74, 6) is 0.744. The van der Waals surface area contributed by atoms with E-state index in [0.29, 0.717) is 12.1 Å². The zero-order valence-corrected chi connectivity index (χ0v) is 13.3. The minimum Gasteiger partial charge on any atom is -0.307 e. The zero-order chi connectivity index (χ0) is 14.8. The van der Waals surface area contributed by atoms with Gasteiger partial charge in [-0.1, -0.05) is 59.7 Å². The second-order valence-electron chi connectivity index (χ2n) is 6.57. The van der Waals surface area contributed by atoms with Crippen LogP contribution in [-0.2, 0) is 0 Å². The van der Waals surface area contributed by atoms with Crippen molar-refractivity contribution >= 4 is 0 Å². The molecule has 0 amide bonds. The molecule has 0 radical (unpaired) electrons. The second kappa shape index (κ2) is 6.03. The fourth-order valence-corrected chi connectivity index (χ4v) is 3.17. The Morgan fingerprint density at radius 3 is 1.95 bits per heavy atom. The smallest absolute Gasteiger partial charge is 0.0294 e. The average Bonchev–Trinajstić information content (AvgIpc) is 2.44.